The number of aryl methyl sites for hydroxylation is 1. The predicted molar refractivity (Wildman–Crippen MR) is 64.5 cm³/mol. The molecule has 2 aromatic rings. The van der Waals surface area contributed by atoms with Gasteiger partial charge in [0.1, 0.15) is 17.4 Å². The molecule has 0 aliphatic rings. The summed E-state index contributed by atoms with van der Waals surface area (Å²) in [4.78, 5) is 18.4. The minimum atomic E-state index is -0.893. The molecule has 0 saturated carbocycles. The Bertz CT molecular complexity index is 555. The Balaban J connectivity index is 1.98. The molecule has 6 heteroatoms. The summed E-state index contributed by atoms with van der Waals surface area (Å²) in [6.07, 6.45) is 3.16. The van der Waals surface area contributed by atoms with E-state index in [1.165, 1.54) is 36.7 Å². The molecule has 2 rings (SSSR count). The number of benzene rings is 1. The van der Waals surface area contributed by atoms with Gasteiger partial charge in [-0.25, -0.2) is 14.4 Å². The first kappa shape index (κ1) is 12.9. The van der Waals surface area contributed by atoms with E-state index in [4.69, 9.17) is 9.84 Å². The molecule has 1 heterocycles. The zero-order valence-electron chi connectivity index (χ0n) is 9.91. The van der Waals surface area contributed by atoms with Crippen LogP contribution in [0.3, 0.4) is 0 Å². The van der Waals surface area contributed by atoms with Crippen LogP contribution in [0.15, 0.2) is 36.7 Å². The highest BCUT2D eigenvalue weighted by atomic mass is 19.1. The van der Waals surface area contributed by atoms with Gasteiger partial charge in [-0.15, -0.1) is 0 Å². The molecule has 1 aromatic heterocycles. The average Bonchev–Trinajstić information content (AvgIpc) is 2.40. The summed E-state index contributed by atoms with van der Waals surface area (Å²) in [6.45, 7) is 0. The van der Waals surface area contributed by atoms with Crippen LogP contribution in [0.2, 0.25) is 0 Å². The summed E-state index contributed by atoms with van der Waals surface area (Å²) in [5, 5.41) is 8.54. The molecule has 19 heavy (non-hydrogen) atoms. The Morgan fingerprint density at radius 1 is 1.16 bits per heavy atom. The van der Waals surface area contributed by atoms with Crippen LogP contribution in [0, 0.1) is 5.82 Å². The number of aliphatic carboxylic acids is 1. The third-order valence-corrected chi connectivity index (χ3v) is 2.29. The fraction of sp³-hybridized carbons (Fsp3) is 0.154. The molecule has 5 nitrogen and oxygen atoms in total. The SMILES string of the molecule is O=C(O)CCc1ncc(Oc2ccc(F)cc2)cn1. The van der Waals surface area contributed by atoms with Crippen molar-refractivity contribution in [2.45, 2.75) is 12.8 Å². The third kappa shape index (κ3) is 4.02. The summed E-state index contributed by atoms with van der Waals surface area (Å²) >= 11 is 0. The number of rotatable bonds is 5. The lowest BCUT2D eigenvalue weighted by molar-refractivity contribution is -0.137. The van der Waals surface area contributed by atoms with Crippen molar-refractivity contribution in [1.29, 1.82) is 0 Å². The van der Waals surface area contributed by atoms with Crippen LogP contribution in [0.25, 0.3) is 0 Å². The molecule has 0 unspecified atom stereocenters. The van der Waals surface area contributed by atoms with Crippen molar-refractivity contribution in [3.05, 3.63) is 48.3 Å². The van der Waals surface area contributed by atoms with Crippen molar-refractivity contribution >= 4 is 5.97 Å². The molecular formula is C13H11FN2O3. The van der Waals surface area contributed by atoms with E-state index in [0.717, 1.165) is 0 Å². The Morgan fingerprint density at radius 2 is 1.79 bits per heavy atom. The topological polar surface area (TPSA) is 72.3 Å². The molecule has 98 valence electrons. The van der Waals surface area contributed by atoms with Gasteiger partial charge in [0.25, 0.3) is 0 Å². The average molecular weight is 262 g/mol. The minimum absolute atomic E-state index is 0.0157. The first-order valence-electron chi connectivity index (χ1n) is 5.59. The Labute approximate surface area is 108 Å². The van der Waals surface area contributed by atoms with Crippen molar-refractivity contribution in [3.8, 4) is 11.5 Å². The number of halogens is 1. The lowest BCUT2D eigenvalue weighted by Crippen LogP contribution is -2.01. The van der Waals surface area contributed by atoms with E-state index in [2.05, 4.69) is 9.97 Å². The van der Waals surface area contributed by atoms with Crippen LogP contribution in [0.1, 0.15) is 12.2 Å². The molecule has 0 atom stereocenters. The van der Waals surface area contributed by atoms with Gasteiger partial charge in [0.2, 0.25) is 0 Å². The van der Waals surface area contributed by atoms with Crippen LogP contribution in [0.4, 0.5) is 4.39 Å². The number of carboxylic acid groups (broad SMARTS) is 1. The van der Waals surface area contributed by atoms with Gasteiger partial charge in [-0.3, -0.25) is 4.79 Å². The molecule has 0 fully saturated rings. The molecular weight excluding hydrogens is 251 g/mol. The lowest BCUT2D eigenvalue weighted by atomic mass is 10.3. The maximum Gasteiger partial charge on any atom is 0.303 e. The van der Waals surface area contributed by atoms with Crippen molar-refractivity contribution in [2.75, 3.05) is 0 Å². The van der Waals surface area contributed by atoms with Gasteiger partial charge in [-0.1, -0.05) is 0 Å². The number of nitrogens with zero attached hydrogens (tertiary/aromatic N) is 2. The highest BCUT2D eigenvalue weighted by Crippen LogP contribution is 2.19. The zero-order valence-corrected chi connectivity index (χ0v) is 9.91. The molecule has 1 aromatic carbocycles. The molecule has 0 amide bonds. The summed E-state index contributed by atoms with van der Waals surface area (Å²) < 4.78 is 18.1. The van der Waals surface area contributed by atoms with Crippen LogP contribution < -0.4 is 4.74 Å². The quantitative estimate of drug-likeness (QED) is 0.895. The fourth-order valence-corrected chi connectivity index (χ4v) is 1.38. The molecule has 0 aliphatic carbocycles. The standard InChI is InChI=1S/C13H11FN2O3/c14-9-1-3-10(4-2-9)19-11-7-15-12(16-8-11)5-6-13(17)18/h1-4,7-8H,5-6H2,(H,17,18). The van der Waals surface area contributed by atoms with E-state index in [1.807, 2.05) is 0 Å². The lowest BCUT2D eigenvalue weighted by Gasteiger charge is -2.05. The second-order valence-corrected chi connectivity index (χ2v) is 3.78. The predicted octanol–water partition coefficient (Wildman–Crippen LogP) is 2.43. The van der Waals surface area contributed by atoms with Crippen molar-refractivity contribution in [2.24, 2.45) is 0 Å². The van der Waals surface area contributed by atoms with Crippen molar-refractivity contribution in [1.82, 2.24) is 9.97 Å². The number of ether oxygens (including phenoxy) is 1. The second kappa shape index (κ2) is 5.90. The van der Waals surface area contributed by atoms with Gasteiger partial charge in [0.15, 0.2) is 5.75 Å². The Hall–Kier alpha value is -2.50. The van der Waals surface area contributed by atoms with Gasteiger partial charge < -0.3 is 9.84 Å². The smallest absolute Gasteiger partial charge is 0.303 e. The third-order valence-electron chi connectivity index (χ3n) is 2.29. The summed E-state index contributed by atoms with van der Waals surface area (Å²) in [7, 11) is 0. The number of carboxylic acids is 1. The normalized spacial score (nSPS) is 10.2. The van der Waals surface area contributed by atoms with Crippen LogP contribution in [-0.2, 0) is 11.2 Å². The van der Waals surface area contributed by atoms with Crippen LogP contribution in [0.5, 0.6) is 11.5 Å². The van der Waals surface area contributed by atoms with Crippen LogP contribution >= 0.6 is 0 Å². The van der Waals surface area contributed by atoms with Crippen molar-refractivity contribution < 1.29 is 19.0 Å². The molecule has 0 radical (unpaired) electrons. The maximum absolute atomic E-state index is 12.7. The van der Waals surface area contributed by atoms with Gasteiger partial charge in [-0.05, 0) is 24.3 Å². The largest absolute Gasteiger partial charge is 0.481 e. The second-order valence-electron chi connectivity index (χ2n) is 3.78. The summed E-state index contributed by atoms with van der Waals surface area (Å²) in [5.74, 6) is 0.0886. The number of aromatic nitrogens is 2. The van der Waals surface area contributed by atoms with E-state index in [-0.39, 0.29) is 18.7 Å². The van der Waals surface area contributed by atoms with Crippen LogP contribution in [-0.4, -0.2) is 21.0 Å². The number of carbonyl (C=O) groups is 1. The van der Waals surface area contributed by atoms with Gasteiger partial charge in [0, 0.05) is 6.42 Å². The van der Waals surface area contributed by atoms with Gasteiger partial charge in [0.05, 0.1) is 18.8 Å². The fourth-order valence-electron chi connectivity index (χ4n) is 1.38. The van der Waals surface area contributed by atoms with E-state index in [1.54, 1.807) is 0 Å². The molecule has 0 aliphatic heterocycles. The molecule has 0 bridgehead atoms. The zero-order chi connectivity index (χ0) is 13.7. The van der Waals surface area contributed by atoms with E-state index in [0.29, 0.717) is 17.3 Å². The number of hydrogen-bond donors (Lipinski definition) is 1. The van der Waals surface area contributed by atoms with Gasteiger partial charge in [-0.2, -0.15) is 0 Å². The number of hydrogen-bond acceptors (Lipinski definition) is 4. The van der Waals surface area contributed by atoms with E-state index in [9.17, 15) is 9.18 Å². The van der Waals surface area contributed by atoms with Gasteiger partial charge >= 0.3 is 5.97 Å². The highest BCUT2D eigenvalue weighted by Gasteiger charge is 2.03. The van der Waals surface area contributed by atoms with Crippen molar-refractivity contribution in [3.63, 3.8) is 0 Å². The Kier molecular flexibility index (Phi) is 4.02. The molecule has 0 spiro atoms. The highest BCUT2D eigenvalue weighted by molar-refractivity contribution is 5.66. The maximum atomic E-state index is 12.7. The monoisotopic (exact) mass is 262 g/mol. The first-order chi connectivity index (χ1) is 9.13. The molecule has 0 saturated heterocycles. The van der Waals surface area contributed by atoms with E-state index < -0.39 is 5.97 Å². The molecule has 1 N–H and O–H groups in total. The van der Waals surface area contributed by atoms with E-state index >= 15 is 0 Å². The summed E-state index contributed by atoms with van der Waals surface area (Å²) in [5.41, 5.74) is 0. The first-order valence-corrected chi connectivity index (χ1v) is 5.59. The minimum Gasteiger partial charge on any atom is -0.481 e. The summed E-state index contributed by atoms with van der Waals surface area (Å²) in [6, 6.07) is 5.57. The Morgan fingerprint density at radius 3 is 2.37 bits per heavy atom.